The number of aliphatic hydroxyl groups is 1. The summed E-state index contributed by atoms with van der Waals surface area (Å²) in [5, 5.41) is 18.5. The molecule has 0 radical (unpaired) electrons. The number of benzene rings is 1. The third kappa shape index (κ3) is 3.60. The number of nitrogens with one attached hydrogen (secondary N) is 1. The van der Waals surface area contributed by atoms with Crippen molar-refractivity contribution in [2.45, 2.75) is 26.0 Å². The molecule has 0 saturated heterocycles. The van der Waals surface area contributed by atoms with Gasteiger partial charge in [0.1, 0.15) is 5.60 Å². The van der Waals surface area contributed by atoms with Gasteiger partial charge in [-0.15, -0.1) is 0 Å². The van der Waals surface area contributed by atoms with Crippen LogP contribution in [0.2, 0.25) is 5.02 Å². The number of aromatic nitrogens is 2. The second kappa shape index (κ2) is 5.95. The SMILES string of the molecule is Cc1ccc(CNC[C@](C)(O)c2cnn(C)c2)cc1Cl. The second-order valence-corrected chi connectivity index (χ2v) is 5.77. The first-order valence-electron chi connectivity index (χ1n) is 6.56. The van der Waals surface area contributed by atoms with Crippen LogP contribution >= 0.6 is 11.6 Å². The molecule has 0 spiro atoms. The fraction of sp³-hybridized carbons (Fsp3) is 0.400. The Morgan fingerprint density at radius 2 is 2.20 bits per heavy atom. The van der Waals surface area contributed by atoms with E-state index in [4.69, 9.17) is 11.6 Å². The maximum Gasteiger partial charge on any atom is 0.102 e. The first-order valence-corrected chi connectivity index (χ1v) is 6.93. The molecule has 1 heterocycles. The molecule has 1 atom stereocenters. The van der Waals surface area contributed by atoms with E-state index in [0.29, 0.717) is 13.1 Å². The average molecular weight is 294 g/mol. The van der Waals surface area contributed by atoms with E-state index >= 15 is 0 Å². The van der Waals surface area contributed by atoms with Gasteiger partial charge in [0.2, 0.25) is 0 Å². The summed E-state index contributed by atoms with van der Waals surface area (Å²) in [4.78, 5) is 0. The maximum atomic E-state index is 10.4. The standard InChI is InChI=1S/C15H20ClN3O/c1-11-4-5-12(6-14(11)16)7-17-10-15(2,20)13-8-18-19(3)9-13/h4-6,8-9,17,20H,7,10H2,1-3H3/t15-/m0/s1. The monoisotopic (exact) mass is 293 g/mol. The first kappa shape index (κ1) is 15.0. The van der Waals surface area contributed by atoms with Crippen molar-refractivity contribution in [3.05, 3.63) is 52.3 Å². The van der Waals surface area contributed by atoms with Crippen molar-refractivity contribution in [3.63, 3.8) is 0 Å². The number of hydrogen-bond donors (Lipinski definition) is 2. The van der Waals surface area contributed by atoms with Gasteiger partial charge in [-0.3, -0.25) is 4.68 Å². The Kier molecular flexibility index (Phi) is 4.48. The molecule has 0 fully saturated rings. The molecule has 0 saturated carbocycles. The van der Waals surface area contributed by atoms with Gasteiger partial charge in [-0.1, -0.05) is 23.7 Å². The minimum atomic E-state index is -0.942. The average Bonchev–Trinajstić information content (AvgIpc) is 2.81. The number of halogens is 1. The summed E-state index contributed by atoms with van der Waals surface area (Å²) >= 11 is 6.09. The molecule has 0 bridgehead atoms. The molecule has 4 nitrogen and oxygen atoms in total. The molecule has 0 unspecified atom stereocenters. The van der Waals surface area contributed by atoms with Crippen LogP contribution in [0, 0.1) is 6.92 Å². The van der Waals surface area contributed by atoms with E-state index < -0.39 is 5.60 Å². The molecule has 20 heavy (non-hydrogen) atoms. The topological polar surface area (TPSA) is 50.1 Å². The molecule has 0 aliphatic carbocycles. The fourth-order valence-corrected chi connectivity index (χ4v) is 2.20. The van der Waals surface area contributed by atoms with Crippen molar-refractivity contribution in [3.8, 4) is 0 Å². The Bertz CT molecular complexity index is 593. The summed E-state index contributed by atoms with van der Waals surface area (Å²) in [6, 6.07) is 5.98. The van der Waals surface area contributed by atoms with Gasteiger partial charge in [0.15, 0.2) is 0 Å². The Hall–Kier alpha value is -1.36. The highest BCUT2D eigenvalue weighted by Crippen LogP contribution is 2.19. The maximum absolute atomic E-state index is 10.4. The number of rotatable bonds is 5. The van der Waals surface area contributed by atoms with Gasteiger partial charge < -0.3 is 10.4 Å². The Labute approximate surface area is 124 Å². The summed E-state index contributed by atoms with van der Waals surface area (Å²) in [5.74, 6) is 0. The molecule has 0 aliphatic heterocycles. The van der Waals surface area contributed by atoms with Crippen LogP contribution in [0.4, 0.5) is 0 Å². The molecule has 1 aromatic heterocycles. The van der Waals surface area contributed by atoms with Crippen molar-refractivity contribution in [1.82, 2.24) is 15.1 Å². The zero-order valence-corrected chi connectivity index (χ0v) is 12.8. The lowest BCUT2D eigenvalue weighted by Crippen LogP contribution is -2.34. The van der Waals surface area contributed by atoms with Crippen molar-refractivity contribution < 1.29 is 5.11 Å². The van der Waals surface area contributed by atoms with Crippen LogP contribution in [0.15, 0.2) is 30.6 Å². The summed E-state index contributed by atoms with van der Waals surface area (Å²) in [7, 11) is 1.83. The third-order valence-corrected chi connectivity index (χ3v) is 3.77. The zero-order chi connectivity index (χ0) is 14.8. The van der Waals surface area contributed by atoms with Crippen molar-refractivity contribution in [1.29, 1.82) is 0 Å². The lowest BCUT2D eigenvalue weighted by molar-refractivity contribution is 0.0566. The van der Waals surface area contributed by atoms with Crippen LogP contribution in [0.1, 0.15) is 23.6 Å². The molecule has 5 heteroatoms. The minimum absolute atomic E-state index is 0.449. The third-order valence-electron chi connectivity index (χ3n) is 3.36. The van der Waals surface area contributed by atoms with E-state index in [9.17, 15) is 5.11 Å². The number of aryl methyl sites for hydroxylation is 2. The Balaban J connectivity index is 1.93. The van der Waals surface area contributed by atoms with Gasteiger partial charge >= 0.3 is 0 Å². The van der Waals surface area contributed by atoms with Gasteiger partial charge in [0, 0.05) is 36.9 Å². The molecule has 0 amide bonds. The summed E-state index contributed by atoms with van der Waals surface area (Å²) < 4.78 is 1.68. The van der Waals surface area contributed by atoms with E-state index in [1.807, 2.05) is 38.4 Å². The molecule has 2 aromatic rings. The van der Waals surface area contributed by atoms with Crippen molar-refractivity contribution in [2.24, 2.45) is 7.05 Å². The second-order valence-electron chi connectivity index (χ2n) is 5.36. The molecular weight excluding hydrogens is 274 g/mol. The summed E-state index contributed by atoms with van der Waals surface area (Å²) in [6.07, 6.45) is 3.51. The van der Waals surface area contributed by atoms with Gasteiger partial charge in [-0.05, 0) is 31.0 Å². The zero-order valence-electron chi connectivity index (χ0n) is 12.0. The first-order chi connectivity index (χ1) is 9.38. The predicted molar refractivity (Wildman–Crippen MR) is 80.7 cm³/mol. The molecule has 0 aliphatic rings. The largest absolute Gasteiger partial charge is 0.384 e. The Morgan fingerprint density at radius 3 is 2.80 bits per heavy atom. The normalized spacial score (nSPS) is 14.2. The van der Waals surface area contributed by atoms with Gasteiger partial charge in [-0.2, -0.15) is 5.10 Å². The highest BCUT2D eigenvalue weighted by Gasteiger charge is 2.24. The molecule has 108 valence electrons. The molecular formula is C15H20ClN3O. The van der Waals surface area contributed by atoms with E-state index in [1.165, 1.54) is 0 Å². The molecule has 2 N–H and O–H groups in total. The van der Waals surface area contributed by atoms with Crippen LogP contribution in [0.25, 0.3) is 0 Å². The van der Waals surface area contributed by atoms with Crippen molar-refractivity contribution in [2.75, 3.05) is 6.54 Å². The lowest BCUT2D eigenvalue weighted by atomic mass is 9.99. The Morgan fingerprint density at radius 1 is 1.45 bits per heavy atom. The van der Waals surface area contributed by atoms with Crippen LogP contribution < -0.4 is 5.32 Å². The number of hydrogen-bond acceptors (Lipinski definition) is 3. The number of nitrogens with zero attached hydrogens (tertiary/aromatic N) is 2. The van der Waals surface area contributed by atoms with Gasteiger partial charge in [-0.25, -0.2) is 0 Å². The van der Waals surface area contributed by atoms with E-state index in [2.05, 4.69) is 10.4 Å². The van der Waals surface area contributed by atoms with Crippen molar-refractivity contribution >= 4 is 11.6 Å². The van der Waals surface area contributed by atoms with Gasteiger partial charge in [0.25, 0.3) is 0 Å². The minimum Gasteiger partial charge on any atom is -0.384 e. The van der Waals surface area contributed by atoms with Crippen LogP contribution in [0.5, 0.6) is 0 Å². The van der Waals surface area contributed by atoms with Crippen LogP contribution in [0.3, 0.4) is 0 Å². The highest BCUT2D eigenvalue weighted by molar-refractivity contribution is 6.31. The highest BCUT2D eigenvalue weighted by atomic mass is 35.5. The van der Waals surface area contributed by atoms with E-state index in [1.54, 1.807) is 17.8 Å². The smallest absolute Gasteiger partial charge is 0.102 e. The van der Waals surface area contributed by atoms with Crippen LogP contribution in [-0.2, 0) is 19.2 Å². The van der Waals surface area contributed by atoms with Crippen LogP contribution in [-0.4, -0.2) is 21.4 Å². The van der Waals surface area contributed by atoms with E-state index in [0.717, 1.165) is 21.7 Å². The quantitative estimate of drug-likeness (QED) is 0.890. The van der Waals surface area contributed by atoms with E-state index in [-0.39, 0.29) is 0 Å². The van der Waals surface area contributed by atoms with Gasteiger partial charge in [0.05, 0.1) is 6.20 Å². The molecule has 2 rings (SSSR count). The lowest BCUT2D eigenvalue weighted by Gasteiger charge is -2.22. The summed E-state index contributed by atoms with van der Waals surface area (Å²) in [6.45, 7) is 4.87. The molecule has 1 aromatic carbocycles. The summed E-state index contributed by atoms with van der Waals surface area (Å²) in [5.41, 5.74) is 2.03. The fourth-order valence-electron chi connectivity index (χ4n) is 2.00. The predicted octanol–water partition coefficient (Wildman–Crippen LogP) is 2.38.